The van der Waals surface area contributed by atoms with Crippen molar-refractivity contribution in [1.82, 2.24) is 0 Å². The third-order valence-corrected chi connectivity index (χ3v) is 4.14. The molecule has 0 bridgehead atoms. The van der Waals surface area contributed by atoms with Crippen LogP contribution in [0.1, 0.15) is 11.6 Å². The number of carbonyl (C=O) groups excluding carboxylic acids is 1. The van der Waals surface area contributed by atoms with Gasteiger partial charge < -0.3 is 19.3 Å². The van der Waals surface area contributed by atoms with Crippen molar-refractivity contribution in [3.63, 3.8) is 0 Å². The first-order valence-corrected chi connectivity index (χ1v) is 7.47. The summed E-state index contributed by atoms with van der Waals surface area (Å²) in [4.78, 5) is 13.8. The van der Waals surface area contributed by atoms with Crippen LogP contribution in [-0.4, -0.2) is 38.4 Å². The van der Waals surface area contributed by atoms with Gasteiger partial charge in [-0.2, -0.15) is 0 Å². The van der Waals surface area contributed by atoms with E-state index in [0.717, 1.165) is 5.56 Å². The molecule has 2 atom stereocenters. The Balaban J connectivity index is 1.97. The molecular weight excluding hydrogens is 310 g/mol. The highest BCUT2D eigenvalue weighted by Crippen LogP contribution is 2.42. The van der Waals surface area contributed by atoms with Gasteiger partial charge in [0, 0.05) is 18.2 Å². The predicted octanol–water partition coefficient (Wildman–Crippen LogP) is 2.16. The number of aliphatic hydroxyl groups excluding tert-OH is 1. The Labute approximate surface area is 140 Å². The Kier molecular flexibility index (Phi) is 4.31. The molecule has 6 heteroatoms. The Bertz CT molecular complexity index is 721. The molecule has 6 nitrogen and oxygen atoms in total. The highest BCUT2D eigenvalue weighted by atomic mass is 16.5. The molecule has 3 rings (SSSR count). The lowest BCUT2D eigenvalue weighted by Gasteiger charge is -2.44. The SMILES string of the molecule is COc1ccc(C2[C@H](O)C(=O)N2c2cc(OC)cc(OC)c2)cc1. The summed E-state index contributed by atoms with van der Waals surface area (Å²) in [7, 11) is 4.68. The Morgan fingerprint density at radius 3 is 1.92 bits per heavy atom. The molecule has 24 heavy (non-hydrogen) atoms. The fourth-order valence-electron chi connectivity index (χ4n) is 2.83. The van der Waals surface area contributed by atoms with Crippen LogP contribution < -0.4 is 19.1 Å². The maximum Gasteiger partial charge on any atom is 0.259 e. The van der Waals surface area contributed by atoms with Crippen molar-refractivity contribution in [2.45, 2.75) is 12.1 Å². The highest BCUT2D eigenvalue weighted by Gasteiger charge is 2.48. The third-order valence-electron chi connectivity index (χ3n) is 4.14. The van der Waals surface area contributed by atoms with Gasteiger partial charge in [-0.05, 0) is 17.7 Å². The first-order valence-electron chi connectivity index (χ1n) is 7.47. The van der Waals surface area contributed by atoms with E-state index in [9.17, 15) is 9.90 Å². The molecule has 1 heterocycles. The van der Waals surface area contributed by atoms with E-state index < -0.39 is 12.1 Å². The number of rotatable bonds is 5. The number of nitrogens with zero attached hydrogens (tertiary/aromatic N) is 1. The summed E-state index contributed by atoms with van der Waals surface area (Å²) in [5, 5.41) is 10.2. The van der Waals surface area contributed by atoms with Gasteiger partial charge in [-0.1, -0.05) is 12.1 Å². The lowest BCUT2D eigenvalue weighted by Crippen LogP contribution is -2.59. The number of carbonyl (C=O) groups is 1. The first kappa shape index (κ1) is 16.1. The molecule has 0 aliphatic carbocycles. The Morgan fingerprint density at radius 1 is 0.875 bits per heavy atom. The van der Waals surface area contributed by atoms with Gasteiger partial charge in [-0.15, -0.1) is 0 Å². The highest BCUT2D eigenvalue weighted by molar-refractivity contribution is 6.05. The average molecular weight is 329 g/mol. The number of amides is 1. The maximum absolute atomic E-state index is 12.2. The van der Waals surface area contributed by atoms with E-state index in [0.29, 0.717) is 22.9 Å². The van der Waals surface area contributed by atoms with Crippen LogP contribution in [0.3, 0.4) is 0 Å². The number of methoxy groups -OCH3 is 3. The molecule has 1 aliphatic heterocycles. The van der Waals surface area contributed by atoms with Crippen LogP contribution in [0.4, 0.5) is 5.69 Å². The predicted molar refractivity (Wildman–Crippen MR) is 88.8 cm³/mol. The summed E-state index contributed by atoms with van der Waals surface area (Å²) in [6.45, 7) is 0. The first-order chi connectivity index (χ1) is 11.6. The van der Waals surface area contributed by atoms with Crippen LogP contribution in [-0.2, 0) is 4.79 Å². The summed E-state index contributed by atoms with van der Waals surface area (Å²) < 4.78 is 15.6. The second-order valence-corrected chi connectivity index (χ2v) is 5.44. The number of hydrogen-bond acceptors (Lipinski definition) is 5. The summed E-state index contributed by atoms with van der Waals surface area (Å²) in [5.74, 6) is 1.51. The van der Waals surface area contributed by atoms with Crippen LogP contribution in [0.15, 0.2) is 42.5 Å². The lowest BCUT2D eigenvalue weighted by atomic mass is 9.90. The zero-order valence-electron chi connectivity index (χ0n) is 13.7. The van der Waals surface area contributed by atoms with Crippen molar-refractivity contribution in [1.29, 1.82) is 0 Å². The van der Waals surface area contributed by atoms with Crippen molar-refractivity contribution in [3.05, 3.63) is 48.0 Å². The molecule has 1 amide bonds. The molecule has 2 aromatic carbocycles. The minimum atomic E-state index is -1.07. The second kappa shape index (κ2) is 6.41. The second-order valence-electron chi connectivity index (χ2n) is 5.44. The molecule has 2 aromatic rings. The molecule has 0 spiro atoms. The van der Waals surface area contributed by atoms with Gasteiger partial charge in [0.05, 0.1) is 33.1 Å². The van der Waals surface area contributed by atoms with E-state index >= 15 is 0 Å². The van der Waals surface area contributed by atoms with Gasteiger partial charge >= 0.3 is 0 Å². The van der Waals surface area contributed by atoms with E-state index in [2.05, 4.69) is 0 Å². The largest absolute Gasteiger partial charge is 0.497 e. The van der Waals surface area contributed by atoms with Gasteiger partial charge in [0.25, 0.3) is 5.91 Å². The fraction of sp³-hybridized carbons (Fsp3) is 0.278. The number of aliphatic hydroxyl groups is 1. The summed E-state index contributed by atoms with van der Waals surface area (Å²) >= 11 is 0. The zero-order chi connectivity index (χ0) is 17.3. The molecule has 0 saturated carbocycles. The number of anilines is 1. The molecule has 1 N–H and O–H groups in total. The quantitative estimate of drug-likeness (QED) is 0.852. The van der Waals surface area contributed by atoms with E-state index in [1.54, 1.807) is 51.7 Å². The maximum atomic E-state index is 12.2. The van der Waals surface area contributed by atoms with Crippen LogP contribution in [0.2, 0.25) is 0 Å². The lowest BCUT2D eigenvalue weighted by molar-refractivity contribution is -0.137. The van der Waals surface area contributed by atoms with Crippen LogP contribution in [0.5, 0.6) is 17.2 Å². The monoisotopic (exact) mass is 329 g/mol. The van der Waals surface area contributed by atoms with Crippen LogP contribution in [0, 0.1) is 0 Å². The number of hydrogen-bond donors (Lipinski definition) is 1. The van der Waals surface area contributed by atoms with Crippen molar-refractivity contribution in [2.24, 2.45) is 0 Å². The molecular formula is C18H19NO5. The molecule has 1 saturated heterocycles. The third kappa shape index (κ3) is 2.65. The Morgan fingerprint density at radius 2 is 1.42 bits per heavy atom. The van der Waals surface area contributed by atoms with Gasteiger partial charge in [-0.3, -0.25) is 9.69 Å². The molecule has 0 radical (unpaired) electrons. The smallest absolute Gasteiger partial charge is 0.259 e. The summed E-state index contributed by atoms with van der Waals surface area (Å²) in [6, 6.07) is 12.0. The molecule has 0 aromatic heterocycles. The minimum Gasteiger partial charge on any atom is -0.497 e. The van der Waals surface area contributed by atoms with Gasteiger partial charge in [0.15, 0.2) is 6.10 Å². The molecule has 1 fully saturated rings. The average Bonchev–Trinajstić information content (AvgIpc) is 2.64. The summed E-state index contributed by atoms with van der Waals surface area (Å²) in [6.07, 6.45) is -1.07. The van der Waals surface area contributed by atoms with E-state index in [1.165, 1.54) is 4.90 Å². The minimum absolute atomic E-state index is 0.355. The van der Waals surface area contributed by atoms with Crippen molar-refractivity contribution in [2.75, 3.05) is 26.2 Å². The van der Waals surface area contributed by atoms with Gasteiger partial charge in [0.1, 0.15) is 17.2 Å². The topological polar surface area (TPSA) is 68.2 Å². The van der Waals surface area contributed by atoms with Gasteiger partial charge in [-0.25, -0.2) is 0 Å². The number of benzene rings is 2. The van der Waals surface area contributed by atoms with Crippen LogP contribution in [0.25, 0.3) is 0 Å². The van der Waals surface area contributed by atoms with Crippen molar-refractivity contribution in [3.8, 4) is 17.2 Å². The van der Waals surface area contributed by atoms with E-state index in [1.807, 2.05) is 12.1 Å². The fourth-order valence-corrected chi connectivity index (χ4v) is 2.83. The molecule has 1 aliphatic rings. The van der Waals surface area contributed by atoms with E-state index in [-0.39, 0.29) is 5.91 Å². The standard InChI is InChI=1S/C18H19NO5/c1-22-13-6-4-11(5-7-13)16-17(20)18(21)19(16)12-8-14(23-2)10-15(9-12)24-3/h4-10,16-17,20H,1-3H3/t16?,17-/m0/s1. The Hall–Kier alpha value is -2.73. The van der Waals surface area contributed by atoms with Gasteiger partial charge in [0.2, 0.25) is 0 Å². The molecule has 126 valence electrons. The summed E-state index contributed by atoms with van der Waals surface area (Å²) in [5.41, 5.74) is 1.44. The zero-order valence-corrected chi connectivity index (χ0v) is 13.7. The molecule has 1 unspecified atom stereocenters. The van der Waals surface area contributed by atoms with Crippen molar-refractivity contribution >= 4 is 11.6 Å². The number of ether oxygens (including phenoxy) is 3. The number of β-lactam (4-membered cyclic amide) rings is 1. The van der Waals surface area contributed by atoms with Crippen molar-refractivity contribution < 1.29 is 24.1 Å². The van der Waals surface area contributed by atoms with Crippen LogP contribution >= 0.6 is 0 Å². The normalized spacial score (nSPS) is 19.7. The van der Waals surface area contributed by atoms with E-state index in [4.69, 9.17) is 14.2 Å².